The highest BCUT2D eigenvalue weighted by atomic mass is 16.5. The molecule has 1 aliphatic rings. The molecular formula is C18H21N5O. The predicted octanol–water partition coefficient (Wildman–Crippen LogP) is 2.23. The van der Waals surface area contributed by atoms with Crippen LogP contribution in [0.15, 0.2) is 55.4 Å². The van der Waals surface area contributed by atoms with E-state index in [4.69, 9.17) is 4.74 Å². The third kappa shape index (κ3) is 2.98. The number of aromatic nitrogens is 4. The first-order valence-electron chi connectivity index (χ1n) is 8.21. The molecule has 1 aromatic carbocycles. The van der Waals surface area contributed by atoms with E-state index in [0.717, 1.165) is 31.1 Å². The van der Waals surface area contributed by atoms with Gasteiger partial charge in [0.15, 0.2) is 0 Å². The minimum absolute atomic E-state index is 0.0234. The number of imidazole rings is 2. The van der Waals surface area contributed by atoms with Crippen LogP contribution in [0, 0.1) is 0 Å². The van der Waals surface area contributed by atoms with Gasteiger partial charge in [-0.3, -0.25) is 0 Å². The van der Waals surface area contributed by atoms with Crippen molar-refractivity contribution in [3.8, 4) is 5.69 Å². The fourth-order valence-electron chi connectivity index (χ4n) is 3.15. The van der Waals surface area contributed by atoms with Crippen molar-refractivity contribution in [1.82, 2.24) is 24.4 Å². The second kappa shape index (κ2) is 6.59. The van der Waals surface area contributed by atoms with E-state index in [1.165, 1.54) is 5.56 Å². The molecule has 2 aromatic heterocycles. The molecule has 0 saturated carbocycles. The van der Waals surface area contributed by atoms with Crippen LogP contribution in [0.1, 0.15) is 23.9 Å². The van der Waals surface area contributed by atoms with Crippen molar-refractivity contribution >= 4 is 0 Å². The van der Waals surface area contributed by atoms with Gasteiger partial charge in [0.25, 0.3) is 0 Å². The number of aryl methyl sites for hydroxylation is 1. The molecule has 1 saturated heterocycles. The van der Waals surface area contributed by atoms with Crippen LogP contribution in [0.2, 0.25) is 0 Å². The maximum Gasteiger partial charge on any atom is 0.139 e. The number of rotatable bonds is 5. The van der Waals surface area contributed by atoms with Crippen LogP contribution < -0.4 is 5.32 Å². The number of nitrogens with one attached hydrogen (secondary N) is 1. The van der Waals surface area contributed by atoms with E-state index in [1.807, 2.05) is 34.8 Å². The Kier molecular flexibility index (Phi) is 4.15. The van der Waals surface area contributed by atoms with E-state index in [-0.39, 0.29) is 6.10 Å². The Balaban J connectivity index is 1.40. The highest BCUT2D eigenvalue weighted by Crippen LogP contribution is 2.28. The average molecular weight is 323 g/mol. The van der Waals surface area contributed by atoms with E-state index in [2.05, 4.69) is 39.6 Å². The summed E-state index contributed by atoms with van der Waals surface area (Å²) in [5.74, 6) is 0.987. The van der Waals surface area contributed by atoms with E-state index in [0.29, 0.717) is 6.04 Å². The summed E-state index contributed by atoms with van der Waals surface area (Å²) in [5.41, 5.74) is 2.37. The molecule has 0 unspecified atom stereocenters. The fraction of sp³-hybridized carbons (Fsp3) is 0.333. The van der Waals surface area contributed by atoms with Crippen LogP contribution in [0.3, 0.4) is 0 Å². The zero-order chi connectivity index (χ0) is 16.4. The van der Waals surface area contributed by atoms with Crippen molar-refractivity contribution < 1.29 is 4.74 Å². The molecule has 0 bridgehead atoms. The molecule has 124 valence electrons. The first-order valence-corrected chi connectivity index (χ1v) is 8.21. The maximum atomic E-state index is 5.89. The highest BCUT2D eigenvalue weighted by Gasteiger charge is 2.31. The maximum absolute atomic E-state index is 5.89. The molecule has 0 amide bonds. The highest BCUT2D eigenvalue weighted by molar-refractivity contribution is 5.34. The molecule has 0 aliphatic carbocycles. The van der Waals surface area contributed by atoms with Gasteiger partial charge in [-0.05, 0) is 24.1 Å². The van der Waals surface area contributed by atoms with Crippen LogP contribution in [0.5, 0.6) is 0 Å². The average Bonchev–Trinajstić information content (AvgIpc) is 3.35. The molecule has 1 N–H and O–H groups in total. The monoisotopic (exact) mass is 323 g/mol. The van der Waals surface area contributed by atoms with Crippen LogP contribution in [0.4, 0.5) is 0 Å². The van der Waals surface area contributed by atoms with Crippen molar-refractivity contribution in [2.24, 2.45) is 7.05 Å². The summed E-state index contributed by atoms with van der Waals surface area (Å²) in [6.07, 6.45) is 10.3. The quantitative estimate of drug-likeness (QED) is 0.782. The number of ether oxygens (including phenoxy) is 1. The number of benzene rings is 1. The minimum atomic E-state index is 0.0234. The van der Waals surface area contributed by atoms with Crippen molar-refractivity contribution in [3.05, 3.63) is 66.8 Å². The molecule has 3 heterocycles. The zero-order valence-electron chi connectivity index (χ0n) is 13.7. The van der Waals surface area contributed by atoms with Crippen LogP contribution in [-0.4, -0.2) is 31.8 Å². The number of nitrogens with zero attached hydrogens (tertiary/aromatic N) is 4. The van der Waals surface area contributed by atoms with Gasteiger partial charge in [-0.1, -0.05) is 12.1 Å². The van der Waals surface area contributed by atoms with Gasteiger partial charge in [0.05, 0.1) is 6.33 Å². The lowest BCUT2D eigenvalue weighted by atomic mass is 10.1. The van der Waals surface area contributed by atoms with Gasteiger partial charge >= 0.3 is 0 Å². The molecule has 24 heavy (non-hydrogen) atoms. The summed E-state index contributed by atoms with van der Waals surface area (Å²) in [7, 11) is 2.01. The topological polar surface area (TPSA) is 56.9 Å². The van der Waals surface area contributed by atoms with E-state index >= 15 is 0 Å². The summed E-state index contributed by atoms with van der Waals surface area (Å²) in [6, 6.07) is 8.81. The molecule has 2 atom stereocenters. The Bertz CT molecular complexity index is 778. The normalized spacial score (nSPS) is 20.5. The molecule has 0 radical (unpaired) electrons. The van der Waals surface area contributed by atoms with Crippen LogP contribution >= 0.6 is 0 Å². The number of hydrogen-bond acceptors (Lipinski definition) is 4. The van der Waals surface area contributed by atoms with Crippen LogP contribution in [-0.2, 0) is 18.3 Å². The Morgan fingerprint density at radius 1 is 1.21 bits per heavy atom. The van der Waals surface area contributed by atoms with Gasteiger partial charge in [-0.2, -0.15) is 0 Å². The second-order valence-electron chi connectivity index (χ2n) is 6.10. The summed E-state index contributed by atoms with van der Waals surface area (Å²) >= 11 is 0. The summed E-state index contributed by atoms with van der Waals surface area (Å²) < 4.78 is 9.92. The molecule has 1 fully saturated rings. The van der Waals surface area contributed by atoms with Gasteiger partial charge in [-0.15, -0.1) is 0 Å². The fourth-order valence-corrected chi connectivity index (χ4v) is 3.15. The lowest BCUT2D eigenvalue weighted by Crippen LogP contribution is -2.32. The van der Waals surface area contributed by atoms with E-state index < -0.39 is 0 Å². The first-order chi connectivity index (χ1) is 11.8. The van der Waals surface area contributed by atoms with Gasteiger partial charge in [0, 0.05) is 56.7 Å². The molecule has 0 spiro atoms. The Morgan fingerprint density at radius 3 is 2.79 bits per heavy atom. The first kappa shape index (κ1) is 15.1. The molecule has 4 rings (SSSR count). The van der Waals surface area contributed by atoms with E-state index in [9.17, 15) is 0 Å². The minimum Gasteiger partial charge on any atom is -0.369 e. The summed E-state index contributed by atoms with van der Waals surface area (Å²) in [6.45, 7) is 1.59. The van der Waals surface area contributed by atoms with Crippen molar-refractivity contribution in [3.63, 3.8) is 0 Å². The largest absolute Gasteiger partial charge is 0.369 e. The van der Waals surface area contributed by atoms with Gasteiger partial charge in [-0.25, -0.2) is 9.97 Å². The molecule has 6 nitrogen and oxygen atoms in total. The Hall–Kier alpha value is -2.44. The van der Waals surface area contributed by atoms with Crippen molar-refractivity contribution in [2.45, 2.75) is 25.1 Å². The Labute approximate surface area is 141 Å². The summed E-state index contributed by atoms with van der Waals surface area (Å²) in [5, 5.41) is 3.62. The molecule has 1 aliphatic heterocycles. The Morgan fingerprint density at radius 2 is 2.08 bits per heavy atom. The third-order valence-corrected chi connectivity index (χ3v) is 4.51. The SMILES string of the molecule is Cn1ccnc1[C@H]1OCC[C@@H]1NCc1ccc(-n2ccnc2)cc1. The third-order valence-electron chi connectivity index (χ3n) is 4.51. The molecule has 3 aromatic rings. The van der Waals surface area contributed by atoms with Crippen molar-refractivity contribution in [2.75, 3.05) is 6.61 Å². The van der Waals surface area contributed by atoms with Gasteiger partial charge < -0.3 is 19.2 Å². The molecular weight excluding hydrogens is 302 g/mol. The van der Waals surface area contributed by atoms with Gasteiger partial charge in [0.2, 0.25) is 0 Å². The molecule has 6 heteroatoms. The van der Waals surface area contributed by atoms with Gasteiger partial charge in [0.1, 0.15) is 11.9 Å². The smallest absolute Gasteiger partial charge is 0.139 e. The van der Waals surface area contributed by atoms with Crippen LogP contribution in [0.25, 0.3) is 5.69 Å². The predicted molar refractivity (Wildman–Crippen MR) is 90.7 cm³/mol. The standard InChI is InChI=1S/C18H21N5O/c1-22-9-8-20-18(22)17-16(6-11-24-17)21-12-14-2-4-15(5-3-14)23-10-7-19-13-23/h2-5,7-10,13,16-17,21H,6,11-12H2,1H3/t16-,17-/m0/s1. The number of hydrogen-bond donors (Lipinski definition) is 1. The lowest BCUT2D eigenvalue weighted by Gasteiger charge is -2.19. The zero-order valence-corrected chi connectivity index (χ0v) is 13.7. The second-order valence-corrected chi connectivity index (χ2v) is 6.10. The van der Waals surface area contributed by atoms with Crippen molar-refractivity contribution in [1.29, 1.82) is 0 Å². The summed E-state index contributed by atoms with van der Waals surface area (Å²) in [4.78, 5) is 8.51. The van der Waals surface area contributed by atoms with E-state index in [1.54, 1.807) is 12.5 Å². The lowest BCUT2D eigenvalue weighted by molar-refractivity contribution is 0.0893.